The van der Waals surface area contributed by atoms with E-state index in [-0.39, 0.29) is 17.0 Å². The van der Waals surface area contributed by atoms with Crippen LogP contribution in [0.2, 0.25) is 0 Å². The molecule has 0 amide bonds. The Morgan fingerprint density at radius 2 is 2.12 bits per heavy atom. The van der Waals surface area contributed by atoms with E-state index in [1.165, 1.54) is 0 Å². The van der Waals surface area contributed by atoms with Gasteiger partial charge < -0.3 is 0 Å². The van der Waals surface area contributed by atoms with Crippen LogP contribution >= 0.6 is 31.9 Å². The second-order valence-electron chi connectivity index (χ2n) is 4.44. The van der Waals surface area contributed by atoms with Crippen LogP contribution in [0.4, 0.5) is 0 Å². The minimum atomic E-state index is -0.345. The van der Waals surface area contributed by atoms with Gasteiger partial charge in [-0.1, -0.05) is 12.2 Å². The van der Waals surface area contributed by atoms with Crippen LogP contribution in [-0.2, 0) is 9.59 Å². The van der Waals surface area contributed by atoms with E-state index in [2.05, 4.69) is 38.4 Å². The molecular formula is C13H12Br2O2. The van der Waals surface area contributed by atoms with Crippen molar-refractivity contribution >= 4 is 43.4 Å². The van der Waals surface area contributed by atoms with Crippen molar-refractivity contribution in [3.05, 3.63) is 33.3 Å². The number of hydrogen-bond donors (Lipinski definition) is 0. The van der Waals surface area contributed by atoms with E-state index >= 15 is 0 Å². The fourth-order valence-electron chi connectivity index (χ4n) is 2.62. The van der Waals surface area contributed by atoms with Gasteiger partial charge >= 0.3 is 0 Å². The molecule has 1 atom stereocenters. The number of hydrogen-bond acceptors (Lipinski definition) is 2. The molecule has 2 aliphatic carbocycles. The van der Waals surface area contributed by atoms with Crippen LogP contribution < -0.4 is 0 Å². The third kappa shape index (κ3) is 2.02. The Labute approximate surface area is 117 Å². The molecule has 0 N–H and O–H groups in total. The van der Waals surface area contributed by atoms with E-state index in [4.69, 9.17) is 0 Å². The molecule has 4 heteroatoms. The van der Waals surface area contributed by atoms with Gasteiger partial charge in [-0.3, -0.25) is 9.59 Å². The third-order valence-corrected chi connectivity index (χ3v) is 4.70. The van der Waals surface area contributed by atoms with Gasteiger partial charge in [-0.2, -0.15) is 0 Å². The van der Waals surface area contributed by atoms with E-state index in [1.54, 1.807) is 0 Å². The van der Waals surface area contributed by atoms with E-state index < -0.39 is 0 Å². The summed E-state index contributed by atoms with van der Waals surface area (Å²) >= 11 is 6.57. The SMILES string of the molecule is C=CC[C@]12C=C(Br)C(=O)C(Br)=C1C(=O)CCC2. The van der Waals surface area contributed by atoms with E-state index in [1.807, 2.05) is 12.2 Å². The van der Waals surface area contributed by atoms with Gasteiger partial charge in [0.25, 0.3) is 0 Å². The van der Waals surface area contributed by atoms with Gasteiger partial charge in [0.2, 0.25) is 5.78 Å². The standard InChI is InChI=1S/C13H12Br2O2/c1-2-5-13-6-3-4-9(16)10(13)11(15)12(17)8(14)7-13/h2,7H,1,3-6H2/t13-/m0/s1. The summed E-state index contributed by atoms with van der Waals surface area (Å²) in [4.78, 5) is 23.9. The summed E-state index contributed by atoms with van der Waals surface area (Å²) in [6.45, 7) is 3.76. The van der Waals surface area contributed by atoms with E-state index in [0.29, 0.717) is 27.4 Å². The lowest BCUT2D eigenvalue weighted by Gasteiger charge is -2.38. The van der Waals surface area contributed by atoms with Crippen molar-refractivity contribution in [2.24, 2.45) is 5.41 Å². The highest BCUT2D eigenvalue weighted by Gasteiger charge is 2.44. The summed E-state index contributed by atoms with van der Waals surface area (Å²) in [5.74, 6) is -0.0653. The number of halogens is 2. The lowest BCUT2D eigenvalue weighted by molar-refractivity contribution is -0.119. The van der Waals surface area contributed by atoms with Gasteiger partial charge in [0, 0.05) is 17.4 Å². The lowest BCUT2D eigenvalue weighted by Crippen LogP contribution is -2.35. The molecule has 17 heavy (non-hydrogen) atoms. The summed E-state index contributed by atoms with van der Waals surface area (Å²) in [7, 11) is 0. The molecule has 1 fully saturated rings. The van der Waals surface area contributed by atoms with Gasteiger partial charge in [0.1, 0.15) is 0 Å². The van der Waals surface area contributed by atoms with Crippen LogP contribution in [0.5, 0.6) is 0 Å². The van der Waals surface area contributed by atoms with E-state index in [9.17, 15) is 9.59 Å². The van der Waals surface area contributed by atoms with Crippen molar-refractivity contribution in [3.8, 4) is 0 Å². The summed E-state index contributed by atoms with van der Waals surface area (Å²) in [5.41, 5.74) is 0.291. The number of allylic oxidation sites excluding steroid dienone is 5. The zero-order chi connectivity index (χ0) is 12.6. The maximum atomic E-state index is 12.1. The van der Waals surface area contributed by atoms with Crippen molar-refractivity contribution in [3.63, 3.8) is 0 Å². The number of ketones is 2. The summed E-state index contributed by atoms with van der Waals surface area (Å²) in [6.07, 6.45) is 6.66. The van der Waals surface area contributed by atoms with Gasteiger partial charge in [-0.25, -0.2) is 0 Å². The first-order chi connectivity index (χ1) is 8.02. The molecule has 2 rings (SSSR count). The first-order valence-electron chi connectivity index (χ1n) is 5.49. The predicted octanol–water partition coefficient (Wildman–Crippen LogP) is 3.81. The molecule has 1 saturated carbocycles. The Kier molecular flexibility index (Phi) is 3.55. The second-order valence-corrected chi connectivity index (χ2v) is 6.08. The molecule has 0 radical (unpaired) electrons. The van der Waals surface area contributed by atoms with Crippen molar-refractivity contribution in [2.75, 3.05) is 0 Å². The highest BCUT2D eigenvalue weighted by atomic mass is 79.9. The number of fused-ring (bicyclic) bond motifs is 1. The normalized spacial score (nSPS) is 28.9. The van der Waals surface area contributed by atoms with Crippen LogP contribution in [0.3, 0.4) is 0 Å². The Hall–Kier alpha value is -0.480. The molecule has 90 valence electrons. The third-order valence-electron chi connectivity index (χ3n) is 3.35. The molecule has 0 unspecified atom stereocenters. The summed E-state index contributed by atoms with van der Waals surface area (Å²) in [6, 6.07) is 0. The monoisotopic (exact) mass is 358 g/mol. The highest BCUT2D eigenvalue weighted by Crippen LogP contribution is 2.50. The second kappa shape index (κ2) is 4.65. The summed E-state index contributed by atoms with van der Waals surface area (Å²) < 4.78 is 0.947. The van der Waals surface area contributed by atoms with Crippen LogP contribution in [0.25, 0.3) is 0 Å². The first kappa shape index (κ1) is 13.0. The molecule has 0 aromatic heterocycles. The first-order valence-corrected chi connectivity index (χ1v) is 7.08. The fraction of sp³-hybridized carbons (Fsp3) is 0.385. The Balaban J connectivity index is 2.61. The molecule has 0 aliphatic heterocycles. The molecule has 2 aliphatic rings. The van der Waals surface area contributed by atoms with Crippen molar-refractivity contribution in [1.82, 2.24) is 0 Å². The molecule has 0 aromatic rings. The quantitative estimate of drug-likeness (QED) is 0.702. The molecule has 0 aromatic carbocycles. The molecule has 0 heterocycles. The van der Waals surface area contributed by atoms with E-state index in [0.717, 1.165) is 12.8 Å². The zero-order valence-electron chi connectivity index (χ0n) is 9.26. The van der Waals surface area contributed by atoms with Crippen molar-refractivity contribution < 1.29 is 9.59 Å². The lowest BCUT2D eigenvalue weighted by atomic mass is 9.65. The average molecular weight is 360 g/mol. The molecule has 0 bridgehead atoms. The van der Waals surface area contributed by atoms with Gasteiger partial charge in [0.15, 0.2) is 5.78 Å². The van der Waals surface area contributed by atoms with Gasteiger partial charge in [-0.05, 0) is 51.1 Å². The van der Waals surface area contributed by atoms with Crippen molar-refractivity contribution in [2.45, 2.75) is 25.7 Å². The molecule has 2 nitrogen and oxygen atoms in total. The number of Topliss-reactive ketones (excluding diaryl/α,β-unsaturated/α-hetero) is 2. The number of carbonyl (C=O) groups excluding carboxylic acids is 2. The summed E-state index contributed by atoms with van der Waals surface area (Å²) in [5, 5.41) is 0. The zero-order valence-corrected chi connectivity index (χ0v) is 12.4. The molecular weight excluding hydrogens is 348 g/mol. The van der Waals surface area contributed by atoms with Crippen LogP contribution in [0.1, 0.15) is 25.7 Å². The van der Waals surface area contributed by atoms with Crippen molar-refractivity contribution in [1.29, 1.82) is 0 Å². The minimum Gasteiger partial charge on any atom is -0.294 e. The minimum absolute atomic E-state index is 0.0783. The Morgan fingerprint density at radius 1 is 1.41 bits per heavy atom. The topological polar surface area (TPSA) is 34.1 Å². The average Bonchev–Trinajstić information content (AvgIpc) is 2.26. The maximum absolute atomic E-state index is 12.1. The molecule has 0 saturated heterocycles. The van der Waals surface area contributed by atoms with Crippen LogP contribution in [0, 0.1) is 5.41 Å². The smallest absolute Gasteiger partial charge is 0.207 e. The number of rotatable bonds is 2. The number of carbonyl (C=O) groups is 2. The highest BCUT2D eigenvalue weighted by molar-refractivity contribution is 9.13. The maximum Gasteiger partial charge on any atom is 0.207 e. The van der Waals surface area contributed by atoms with Gasteiger partial charge in [-0.15, -0.1) is 6.58 Å². The Morgan fingerprint density at radius 3 is 2.76 bits per heavy atom. The fourth-order valence-corrected chi connectivity index (χ4v) is 4.36. The van der Waals surface area contributed by atoms with Crippen LogP contribution in [0.15, 0.2) is 33.3 Å². The Bertz CT molecular complexity index is 474. The van der Waals surface area contributed by atoms with Gasteiger partial charge in [0.05, 0.1) is 8.96 Å². The molecule has 0 spiro atoms. The van der Waals surface area contributed by atoms with Crippen LogP contribution in [-0.4, -0.2) is 11.6 Å². The predicted molar refractivity (Wildman–Crippen MR) is 74.1 cm³/mol. The largest absolute Gasteiger partial charge is 0.294 e.